The van der Waals surface area contributed by atoms with E-state index in [9.17, 15) is 8.42 Å². The summed E-state index contributed by atoms with van der Waals surface area (Å²) in [4.78, 5) is -0.0669. The minimum absolute atomic E-state index is 0.0669. The number of ether oxygens (including phenoxy) is 1. The highest BCUT2D eigenvalue weighted by Gasteiger charge is 2.12. The maximum atomic E-state index is 11.2. The van der Waals surface area contributed by atoms with Crippen molar-refractivity contribution in [3.8, 4) is 5.75 Å². The van der Waals surface area contributed by atoms with Crippen LogP contribution in [-0.2, 0) is 10.0 Å². The summed E-state index contributed by atoms with van der Waals surface area (Å²) in [5, 5.41) is 5.03. The van der Waals surface area contributed by atoms with Gasteiger partial charge in [0.2, 0.25) is 10.0 Å². The Balaban J connectivity index is 2.46. The fraction of sp³-hybridized carbons (Fsp3) is 0.538. The van der Waals surface area contributed by atoms with Crippen LogP contribution in [0.15, 0.2) is 23.1 Å². The van der Waals surface area contributed by atoms with E-state index in [4.69, 9.17) is 15.6 Å². The van der Waals surface area contributed by atoms with Crippen molar-refractivity contribution in [3.05, 3.63) is 18.2 Å². The van der Waals surface area contributed by atoms with Crippen LogP contribution in [0.25, 0.3) is 0 Å². The third kappa shape index (κ3) is 5.48. The van der Waals surface area contributed by atoms with Gasteiger partial charge in [-0.05, 0) is 18.6 Å². The molecule has 1 aromatic rings. The first-order valence-corrected chi connectivity index (χ1v) is 8.05. The van der Waals surface area contributed by atoms with E-state index in [2.05, 4.69) is 6.92 Å². The van der Waals surface area contributed by atoms with Gasteiger partial charge in [-0.3, -0.25) is 0 Å². The number of unbranched alkanes of at least 4 members (excludes halogenated alkanes) is 4. The van der Waals surface area contributed by atoms with Crippen molar-refractivity contribution < 1.29 is 13.2 Å². The standard InChI is InChI=1S/C13H22N2O3S/c1-2-3-4-5-6-9-18-11-7-8-13(12(14)10-11)19(15,16)17/h7-8,10H,2-6,9,14H2,1H3,(H2,15,16,17). The van der Waals surface area contributed by atoms with Gasteiger partial charge in [0.05, 0.1) is 12.3 Å². The summed E-state index contributed by atoms with van der Waals surface area (Å²) < 4.78 is 27.9. The van der Waals surface area contributed by atoms with Gasteiger partial charge in [0, 0.05) is 6.07 Å². The minimum atomic E-state index is -3.77. The number of nitrogens with two attached hydrogens (primary N) is 2. The molecule has 19 heavy (non-hydrogen) atoms. The Hall–Kier alpha value is -1.27. The Morgan fingerprint density at radius 1 is 1.16 bits per heavy atom. The first kappa shape index (κ1) is 15.8. The van der Waals surface area contributed by atoms with E-state index in [1.807, 2.05) is 0 Å². The van der Waals surface area contributed by atoms with Crippen LogP contribution in [0.5, 0.6) is 5.75 Å². The molecule has 0 atom stereocenters. The molecule has 1 aromatic carbocycles. The quantitative estimate of drug-likeness (QED) is 0.566. The molecular formula is C13H22N2O3S. The predicted octanol–water partition coefficient (Wildman–Crippen LogP) is 2.27. The van der Waals surface area contributed by atoms with Crippen molar-refractivity contribution in [1.29, 1.82) is 0 Å². The summed E-state index contributed by atoms with van der Waals surface area (Å²) in [6.45, 7) is 2.78. The lowest BCUT2D eigenvalue weighted by Gasteiger charge is -2.09. The molecule has 0 fully saturated rings. The first-order chi connectivity index (χ1) is 8.95. The van der Waals surface area contributed by atoms with Crippen LogP contribution in [0.4, 0.5) is 5.69 Å². The molecule has 0 aliphatic heterocycles. The van der Waals surface area contributed by atoms with Gasteiger partial charge in [0.25, 0.3) is 0 Å². The smallest absolute Gasteiger partial charge is 0.240 e. The molecule has 0 bridgehead atoms. The Bertz CT molecular complexity index is 501. The maximum absolute atomic E-state index is 11.2. The lowest BCUT2D eigenvalue weighted by atomic mass is 10.2. The number of hydrogen-bond acceptors (Lipinski definition) is 4. The van der Waals surface area contributed by atoms with E-state index in [1.54, 1.807) is 6.07 Å². The number of hydrogen-bond donors (Lipinski definition) is 2. The van der Waals surface area contributed by atoms with Crippen LogP contribution in [-0.4, -0.2) is 15.0 Å². The van der Waals surface area contributed by atoms with Crippen molar-refractivity contribution in [3.63, 3.8) is 0 Å². The number of sulfonamides is 1. The maximum Gasteiger partial charge on any atom is 0.240 e. The second-order valence-corrected chi connectivity index (χ2v) is 6.04. The number of anilines is 1. The largest absolute Gasteiger partial charge is 0.494 e. The van der Waals surface area contributed by atoms with Gasteiger partial charge in [0.15, 0.2) is 0 Å². The van der Waals surface area contributed by atoms with Gasteiger partial charge in [-0.25, -0.2) is 13.6 Å². The molecule has 0 aliphatic carbocycles. The van der Waals surface area contributed by atoms with Crippen LogP contribution in [0, 0.1) is 0 Å². The van der Waals surface area contributed by atoms with Gasteiger partial charge in [-0.1, -0.05) is 32.6 Å². The zero-order valence-electron chi connectivity index (χ0n) is 11.3. The van der Waals surface area contributed by atoms with Crippen molar-refractivity contribution in [2.24, 2.45) is 5.14 Å². The van der Waals surface area contributed by atoms with E-state index in [-0.39, 0.29) is 10.6 Å². The summed E-state index contributed by atoms with van der Waals surface area (Å²) >= 11 is 0. The fourth-order valence-electron chi connectivity index (χ4n) is 1.77. The molecule has 0 saturated heterocycles. The zero-order chi connectivity index (χ0) is 14.3. The molecule has 0 heterocycles. The SMILES string of the molecule is CCCCCCCOc1ccc(S(N)(=O)=O)c(N)c1. The molecule has 0 aliphatic rings. The van der Waals surface area contributed by atoms with Crippen molar-refractivity contribution in [2.45, 2.75) is 43.9 Å². The van der Waals surface area contributed by atoms with Crippen LogP contribution < -0.4 is 15.6 Å². The molecule has 0 aromatic heterocycles. The summed E-state index contributed by atoms with van der Waals surface area (Å²) in [5.74, 6) is 0.570. The van der Waals surface area contributed by atoms with Crippen LogP contribution in [0.3, 0.4) is 0 Å². The minimum Gasteiger partial charge on any atom is -0.494 e. The van der Waals surface area contributed by atoms with Gasteiger partial charge in [0.1, 0.15) is 10.6 Å². The molecule has 0 saturated carbocycles. The van der Waals surface area contributed by atoms with Crippen LogP contribution in [0.1, 0.15) is 39.0 Å². The first-order valence-electron chi connectivity index (χ1n) is 6.50. The molecule has 0 amide bonds. The van der Waals surface area contributed by atoms with E-state index >= 15 is 0 Å². The second-order valence-electron chi connectivity index (χ2n) is 4.51. The summed E-state index contributed by atoms with van der Waals surface area (Å²) in [6, 6.07) is 4.44. The summed E-state index contributed by atoms with van der Waals surface area (Å²) in [7, 11) is -3.77. The average Bonchev–Trinajstić information content (AvgIpc) is 2.32. The van der Waals surface area contributed by atoms with Crippen molar-refractivity contribution >= 4 is 15.7 Å². The summed E-state index contributed by atoms with van der Waals surface area (Å²) in [6.07, 6.45) is 5.80. The normalized spacial score (nSPS) is 11.5. The third-order valence-corrected chi connectivity index (χ3v) is 3.79. The average molecular weight is 286 g/mol. The van der Waals surface area contributed by atoms with Gasteiger partial charge >= 0.3 is 0 Å². The Morgan fingerprint density at radius 3 is 2.42 bits per heavy atom. The third-order valence-electron chi connectivity index (χ3n) is 2.80. The monoisotopic (exact) mass is 286 g/mol. The summed E-state index contributed by atoms with van der Waals surface area (Å²) in [5.41, 5.74) is 5.75. The van der Waals surface area contributed by atoms with Gasteiger partial charge < -0.3 is 10.5 Å². The molecule has 1 rings (SSSR count). The van der Waals surface area contributed by atoms with Crippen LogP contribution >= 0.6 is 0 Å². The van der Waals surface area contributed by atoms with Crippen molar-refractivity contribution in [1.82, 2.24) is 0 Å². The lowest BCUT2D eigenvalue weighted by molar-refractivity contribution is 0.304. The Kier molecular flexibility index (Phi) is 6.11. The molecule has 0 spiro atoms. The van der Waals surface area contributed by atoms with Crippen molar-refractivity contribution in [2.75, 3.05) is 12.3 Å². The van der Waals surface area contributed by atoms with E-state index in [0.717, 1.165) is 12.8 Å². The zero-order valence-corrected chi connectivity index (χ0v) is 12.1. The highest BCUT2D eigenvalue weighted by Crippen LogP contribution is 2.23. The van der Waals surface area contributed by atoms with E-state index in [0.29, 0.717) is 12.4 Å². The fourth-order valence-corrected chi connectivity index (χ4v) is 2.42. The Labute approximate surface area is 115 Å². The second kappa shape index (κ2) is 7.35. The Morgan fingerprint density at radius 2 is 1.84 bits per heavy atom. The molecule has 5 nitrogen and oxygen atoms in total. The molecule has 4 N–H and O–H groups in total. The van der Waals surface area contributed by atoms with E-state index in [1.165, 1.54) is 31.4 Å². The highest BCUT2D eigenvalue weighted by atomic mass is 32.2. The molecule has 108 valence electrons. The number of benzene rings is 1. The van der Waals surface area contributed by atoms with Crippen LogP contribution in [0.2, 0.25) is 0 Å². The lowest BCUT2D eigenvalue weighted by Crippen LogP contribution is -2.14. The predicted molar refractivity (Wildman–Crippen MR) is 76.5 cm³/mol. The topological polar surface area (TPSA) is 95.4 Å². The van der Waals surface area contributed by atoms with E-state index < -0.39 is 10.0 Å². The number of nitrogen functional groups attached to an aromatic ring is 1. The molecular weight excluding hydrogens is 264 g/mol. The van der Waals surface area contributed by atoms with Gasteiger partial charge in [-0.15, -0.1) is 0 Å². The molecule has 0 radical (unpaired) electrons. The highest BCUT2D eigenvalue weighted by molar-refractivity contribution is 7.89. The van der Waals surface area contributed by atoms with Gasteiger partial charge in [-0.2, -0.15) is 0 Å². The molecule has 6 heteroatoms. The molecule has 0 unspecified atom stereocenters. The number of primary sulfonamides is 1. The number of rotatable bonds is 8.